The molecule has 2 aliphatic rings. The van der Waals surface area contributed by atoms with Crippen LogP contribution in [0.5, 0.6) is 0 Å². The number of benzene rings is 1. The largest absolute Gasteiger partial charge is 0.481 e. The van der Waals surface area contributed by atoms with Crippen LogP contribution in [0.15, 0.2) is 18.2 Å². The fourth-order valence-electron chi connectivity index (χ4n) is 3.54. The fraction of sp³-hybridized carbons (Fsp3) is 0.526. The van der Waals surface area contributed by atoms with Crippen LogP contribution in [-0.4, -0.2) is 58.9 Å². The smallest absolute Gasteiger partial charge is 0.310 e. The van der Waals surface area contributed by atoms with E-state index in [1.807, 2.05) is 0 Å². The Morgan fingerprint density at radius 2 is 1.73 bits per heavy atom. The summed E-state index contributed by atoms with van der Waals surface area (Å²) >= 11 is 0. The summed E-state index contributed by atoms with van der Waals surface area (Å²) in [5.41, 5.74) is -0.115. The van der Waals surface area contributed by atoms with Crippen LogP contribution in [-0.2, 0) is 9.59 Å². The number of halogens is 1. The predicted molar refractivity (Wildman–Crippen MR) is 92.2 cm³/mol. The van der Waals surface area contributed by atoms with Crippen molar-refractivity contribution in [3.8, 4) is 0 Å². The van der Waals surface area contributed by atoms with Crippen molar-refractivity contribution in [3.05, 3.63) is 35.1 Å². The number of nitrogens with zero attached hydrogens (tertiary/aromatic N) is 2. The van der Waals surface area contributed by atoms with Gasteiger partial charge in [0, 0.05) is 38.2 Å². The molecule has 1 saturated heterocycles. The van der Waals surface area contributed by atoms with Gasteiger partial charge in [0.2, 0.25) is 5.91 Å². The van der Waals surface area contributed by atoms with E-state index in [1.54, 1.807) is 28.9 Å². The third kappa shape index (κ3) is 3.43. The molecular weight excluding hydrogens is 339 g/mol. The molecular formula is C19H23FN2O4. The van der Waals surface area contributed by atoms with E-state index in [0.29, 0.717) is 50.1 Å². The Bertz CT molecular complexity index is 737. The monoisotopic (exact) mass is 362 g/mol. The number of carbonyl (C=O) groups is 3. The lowest BCUT2D eigenvalue weighted by Crippen LogP contribution is -2.52. The van der Waals surface area contributed by atoms with E-state index in [1.165, 1.54) is 6.07 Å². The number of amides is 2. The normalized spacial score (nSPS) is 19.0. The Labute approximate surface area is 151 Å². The van der Waals surface area contributed by atoms with Gasteiger partial charge in [-0.1, -0.05) is 12.5 Å². The molecule has 140 valence electrons. The van der Waals surface area contributed by atoms with Crippen molar-refractivity contribution < 1.29 is 23.9 Å². The molecule has 1 N–H and O–H groups in total. The van der Waals surface area contributed by atoms with Gasteiger partial charge >= 0.3 is 5.97 Å². The van der Waals surface area contributed by atoms with Crippen molar-refractivity contribution in [2.24, 2.45) is 5.41 Å². The minimum Gasteiger partial charge on any atom is -0.481 e. The molecule has 1 aromatic carbocycles. The molecule has 0 atom stereocenters. The predicted octanol–water partition coefficient (Wildman–Crippen LogP) is 2.06. The van der Waals surface area contributed by atoms with E-state index in [0.717, 1.165) is 6.42 Å². The highest BCUT2D eigenvalue weighted by Gasteiger charge is 2.46. The molecule has 7 heteroatoms. The van der Waals surface area contributed by atoms with Gasteiger partial charge in [-0.3, -0.25) is 14.4 Å². The lowest BCUT2D eigenvalue weighted by molar-refractivity contribution is -0.159. The third-order valence-electron chi connectivity index (χ3n) is 5.59. The van der Waals surface area contributed by atoms with Gasteiger partial charge in [0.05, 0.1) is 5.41 Å². The van der Waals surface area contributed by atoms with Gasteiger partial charge < -0.3 is 14.9 Å². The molecule has 1 heterocycles. The van der Waals surface area contributed by atoms with Crippen molar-refractivity contribution in [1.82, 2.24) is 9.80 Å². The average Bonchev–Trinajstić information content (AvgIpc) is 2.59. The Hall–Kier alpha value is -2.44. The average molecular weight is 362 g/mol. The second kappa shape index (κ2) is 7.05. The molecule has 0 spiro atoms. The van der Waals surface area contributed by atoms with Gasteiger partial charge in [0.1, 0.15) is 5.82 Å². The number of carboxylic acids is 1. The first-order valence-corrected chi connectivity index (χ1v) is 8.89. The molecule has 1 aromatic rings. The van der Waals surface area contributed by atoms with Crippen molar-refractivity contribution in [1.29, 1.82) is 0 Å². The molecule has 6 nitrogen and oxygen atoms in total. The first kappa shape index (κ1) is 18.4. The maximum absolute atomic E-state index is 13.7. The first-order chi connectivity index (χ1) is 12.3. The van der Waals surface area contributed by atoms with Gasteiger partial charge in [0.25, 0.3) is 5.91 Å². The van der Waals surface area contributed by atoms with Gasteiger partial charge in [-0.05, 0) is 37.5 Å². The highest BCUT2D eigenvalue weighted by molar-refractivity contribution is 5.94. The highest BCUT2D eigenvalue weighted by Crippen LogP contribution is 2.44. The number of hydrogen-bond donors (Lipinski definition) is 1. The summed E-state index contributed by atoms with van der Waals surface area (Å²) in [6, 6.07) is 4.42. The summed E-state index contributed by atoms with van der Waals surface area (Å²) in [5, 5.41) is 9.36. The van der Waals surface area contributed by atoms with Gasteiger partial charge in [-0.2, -0.15) is 0 Å². The maximum Gasteiger partial charge on any atom is 0.310 e. The minimum atomic E-state index is -0.899. The molecule has 0 aromatic heterocycles. The van der Waals surface area contributed by atoms with Crippen LogP contribution in [0.3, 0.4) is 0 Å². The zero-order valence-corrected chi connectivity index (χ0v) is 14.8. The van der Waals surface area contributed by atoms with Crippen molar-refractivity contribution in [2.75, 3.05) is 26.2 Å². The van der Waals surface area contributed by atoms with Crippen molar-refractivity contribution in [3.63, 3.8) is 0 Å². The van der Waals surface area contributed by atoms with Crippen LogP contribution >= 0.6 is 0 Å². The van der Waals surface area contributed by atoms with Gasteiger partial charge in [-0.15, -0.1) is 0 Å². The fourth-order valence-corrected chi connectivity index (χ4v) is 3.54. The number of aryl methyl sites for hydroxylation is 1. The third-order valence-corrected chi connectivity index (χ3v) is 5.59. The standard InChI is InChI=1S/C19H23FN2O4/c1-13-3-4-14(11-15(13)20)17(24)22-9-7-21(8-10-22)16(23)12-19(18(25)26)5-2-6-19/h3-4,11H,2,5-10,12H2,1H3,(H,25,26). The number of carboxylic acid groups (broad SMARTS) is 1. The zero-order chi connectivity index (χ0) is 18.9. The summed E-state index contributed by atoms with van der Waals surface area (Å²) in [6.45, 7) is 3.10. The van der Waals surface area contributed by atoms with E-state index in [-0.39, 0.29) is 18.2 Å². The Morgan fingerprint density at radius 3 is 2.23 bits per heavy atom. The molecule has 26 heavy (non-hydrogen) atoms. The van der Waals surface area contributed by atoms with Crippen molar-refractivity contribution >= 4 is 17.8 Å². The number of aliphatic carboxylic acids is 1. The number of piperazine rings is 1. The van der Waals surface area contributed by atoms with Gasteiger partial charge in [-0.25, -0.2) is 4.39 Å². The highest BCUT2D eigenvalue weighted by atomic mass is 19.1. The van der Waals surface area contributed by atoms with E-state index in [4.69, 9.17) is 0 Å². The molecule has 1 saturated carbocycles. The van der Waals surface area contributed by atoms with E-state index < -0.39 is 17.2 Å². The lowest BCUT2D eigenvalue weighted by Gasteiger charge is -2.40. The minimum absolute atomic E-state index is 0.0272. The molecule has 1 aliphatic carbocycles. The molecule has 2 fully saturated rings. The summed E-state index contributed by atoms with van der Waals surface area (Å²) in [6.07, 6.45) is 1.96. The van der Waals surface area contributed by atoms with Crippen LogP contribution in [0.25, 0.3) is 0 Å². The summed E-state index contributed by atoms with van der Waals surface area (Å²) in [7, 11) is 0. The van der Waals surface area contributed by atoms with Crippen LogP contribution in [0.1, 0.15) is 41.6 Å². The van der Waals surface area contributed by atoms with Gasteiger partial charge in [0.15, 0.2) is 0 Å². The van der Waals surface area contributed by atoms with Crippen LogP contribution in [0.2, 0.25) is 0 Å². The summed E-state index contributed by atoms with van der Waals surface area (Å²) < 4.78 is 13.7. The van der Waals surface area contributed by atoms with Crippen LogP contribution < -0.4 is 0 Å². The van der Waals surface area contributed by atoms with E-state index in [9.17, 15) is 23.9 Å². The summed E-state index contributed by atoms with van der Waals surface area (Å²) in [5.74, 6) is -1.73. The zero-order valence-electron chi connectivity index (χ0n) is 14.8. The molecule has 2 amide bonds. The van der Waals surface area contributed by atoms with E-state index >= 15 is 0 Å². The molecule has 0 unspecified atom stereocenters. The number of rotatable bonds is 4. The number of carbonyl (C=O) groups excluding carboxylic acids is 2. The molecule has 1 aliphatic heterocycles. The van der Waals surface area contributed by atoms with Crippen molar-refractivity contribution in [2.45, 2.75) is 32.6 Å². The molecule has 0 radical (unpaired) electrons. The lowest BCUT2D eigenvalue weighted by atomic mass is 9.66. The number of hydrogen-bond acceptors (Lipinski definition) is 3. The van der Waals surface area contributed by atoms with E-state index in [2.05, 4.69) is 0 Å². The second-order valence-corrected chi connectivity index (χ2v) is 7.25. The van der Waals surface area contributed by atoms with Crippen LogP contribution in [0, 0.1) is 18.2 Å². The molecule has 0 bridgehead atoms. The Kier molecular flexibility index (Phi) is 4.98. The molecule has 3 rings (SSSR count). The maximum atomic E-state index is 13.7. The quantitative estimate of drug-likeness (QED) is 0.889. The first-order valence-electron chi connectivity index (χ1n) is 8.89. The summed E-state index contributed by atoms with van der Waals surface area (Å²) in [4.78, 5) is 39.6. The second-order valence-electron chi connectivity index (χ2n) is 7.25. The Morgan fingerprint density at radius 1 is 1.12 bits per heavy atom. The SMILES string of the molecule is Cc1ccc(C(=O)N2CCN(C(=O)CC3(C(=O)O)CCC3)CC2)cc1F. The van der Waals surface area contributed by atoms with Crippen LogP contribution in [0.4, 0.5) is 4.39 Å². The Balaban J connectivity index is 1.56. The topological polar surface area (TPSA) is 77.9 Å².